The predicted octanol–water partition coefficient (Wildman–Crippen LogP) is 3.94. The van der Waals surface area contributed by atoms with Crippen molar-refractivity contribution >= 4 is 47.0 Å². The fourth-order valence-electron chi connectivity index (χ4n) is 3.24. The molecule has 1 unspecified atom stereocenters. The van der Waals surface area contributed by atoms with E-state index in [1.165, 1.54) is 11.3 Å². The van der Waals surface area contributed by atoms with Crippen molar-refractivity contribution in [3.8, 4) is 0 Å². The molecule has 0 bridgehead atoms. The Morgan fingerprint density at radius 2 is 2.07 bits per heavy atom. The zero-order chi connectivity index (χ0) is 20.1. The van der Waals surface area contributed by atoms with E-state index in [4.69, 9.17) is 0 Å². The molecule has 1 aromatic heterocycles. The maximum absolute atomic E-state index is 12.6. The van der Waals surface area contributed by atoms with Crippen LogP contribution in [-0.4, -0.2) is 43.7 Å². The highest BCUT2D eigenvalue weighted by Gasteiger charge is 2.33. The molecular formula is C19H25F3IN5S. The van der Waals surface area contributed by atoms with E-state index >= 15 is 0 Å². The third-order valence-electron chi connectivity index (χ3n) is 4.72. The van der Waals surface area contributed by atoms with Crippen LogP contribution in [0, 0.1) is 0 Å². The molecule has 1 aromatic carbocycles. The maximum Gasteiger partial charge on any atom is 0.434 e. The highest BCUT2D eigenvalue weighted by atomic mass is 127. The Hall–Kier alpha value is -1.56. The van der Waals surface area contributed by atoms with Crippen molar-refractivity contribution < 1.29 is 13.2 Å². The van der Waals surface area contributed by atoms with E-state index in [1.807, 2.05) is 0 Å². The number of benzene rings is 1. The third kappa shape index (κ3) is 6.21. The molecule has 160 valence electrons. The molecule has 29 heavy (non-hydrogen) atoms. The predicted molar refractivity (Wildman–Crippen MR) is 123 cm³/mol. The Morgan fingerprint density at radius 3 is 2.76 bits per heavy atom. The molecule has 0 saturated heterocycles. The largest absolute Gasteiger partial charge is 0.434 e. The van der Waals surface area contributed by atoms with Gasteiger partial charge in [0.2, 0.25) is 0 Å². The topological polar surface area (TPSA) is 52.6 Å². The fourth-order valence-corrected chi connectivity index (χ4v) is 4.05. The number of aromatic nitrogens is 1. The van der Waals surface area contributed by atoms with E-state index in [9.17, 15) is 13.2 Å². The lowest BCUT2D eigenvalue weighted by molar-refractivity contribution is -0.140. The summed E-state index contributed by atoms with van der Waals surface area (Å²) < 4.78 is 37.8. The smallest absolute Gasteiger partial charge is 0.366 e. The molecule has 0 fully saturated rings. The molecule has 1 atom stereocenters. The van der Waals surface area contributed by atoms with Crippen LogP contribution >= 0.6 is 35.3 Å². The molecule has 0 radical (unpaired) electrons. The Kier molecular flexibility index (Phi) is 8.56. The van der Waals surface area contributed by atoms with Crippen LogP contribution in [0.3, 0.4) is 0 Å². The summed E-state index contributed by atoms with van der Waals surface area (Å²) in [6, 6.07) is 8.72. The van der Waals surface area contributed by atoms with Crippen LogP contribution in [0.1, 0.15) is 23.2 Å². The highest BCUT2D eigenvalue weighted by Crippen LogP contribution is 2.30. The lowest BCUT2D eigenvalue weighted by Crippen LogP contribution is -2.46. The van der Waals surface area contributed by atoms with Crippen LogP contribution in [0.25, 0.3) is 0 Å². The molecule has 0 amide bonds. The van der Waals surface area contributed by atoms with Crippen LogP contribution in [-0.2, 0) is 19.0 Å². The van der Waals surface area contributed by atoms with Gasteiger partial charge in [0.25, 0.3) is 0 Å². The number of aliphatic imine (C=N–C) groups is 1. The van der Waals surface area contributed by atoms with E-state index in [2.05, 4.69) is 56.7 Å². The van der Waals surface area contributed by atoms with Gasteiger partial charge in [-0.1, -0.05) is 18.2 Å². The van der Waals surface area contributed by atoms with Crippen molar-refractivity contribution in [2.75, 3.05) is 31.6 Å². The second-order valence-electron chi connectivity index (χ2n) is 6.68. The monoisotopic (exact) mass is 539 g/mol. The summed E-state index contributed by atoms with van der Waals surface area (Å²) in [6.45, 7) is 4.34. The van der Waals surface area contributed by atoms with Gasteiger partial charge in [0.15, 0.2) is 11.7 Å². The first-order valence-corrected chi connectivity index (χ1v) is 10.1. The quantitative estimate of drug-likeness (QED) is 0.332. The Labute approximate surface area is 189 Å². The van der Waals surface area contributed by atoms with E-state index in [0.29, 0.717) is 30.5 Å². The molecule has 0 saturated carbocycles. The van der Waals surface area contributed by atoms with Crippen molar-refractivity contribution in [2.45, 2.75) is 32.0 Å². The number of rotatable bonds is 6. The molecule has 2 N–H and O–H groups in total. The second kappa shape index (κ2) is 10.5. The van der Waals surface area contributed by atoms with Crippen molar-refractivity contribution in [3.05, 3.63) is 45.9 Å². The lowest BCUT2D eigenvalue weighted by Gasteiger charge is -2.28. The first-order valence-electron chi connectivity index (χ1n) is 9.19. The van der Waals surface area contributed by atoms with E-state index in [1.54, 1.807) is 7.05 Å². The molecule has 5 nitrogen and oxygen atoms in total. The van der Waals surface area contributed by atoms with Gasteiger partial charge >= 0.3 is 6.18 Å². The number of halogens is 4. The average Bonchev–Trinajstić information content (AvgIpc) is 3.31. The van der Waals surface area contributed by atoms with Crippen LogP contribution in [0.4, 0.5) is 18.9 Å². The second-order valence-corrected chi connectivity index (χ2v) is 7.62. The number of para-hydroxylation sites is 1. The SMILES string of the molecule is CN=C(NCCc1nc(C(F)(F)F)cs1)NCC(C)N1CCc2ccccc21.I. The van der Waals surface area contributed by atoms with E-state index < -0.39 is 11.9 Å². The molecule has 0 aliphatic carbocycles. The summed E-state index contributed by atoms with van der Waals surface area (Å²) in [5.74, 6) is 0.631. The minimum atomic E-state index is -4.38. The van der Waals surface area contributed by atoms with Gasteiger partial charge in [0.1, 0.15) is 0 Å². The number of fused-ring (bicyclic) bond motifs is 1. The number of nitrogens with one attached hydrogen (secondary N) is 2. The van der Waals surface area contributed by atoms with Crippen molar-refractivity contribution in [2.24, 2.45) is 4.99 Å². The average molecular weight is 539 g/mol. The van der Waals surface area contributed by atoms with E-state index in [0.717, 1.165) is 29.7 Å². The van der Waals surface area contributed by atoms with Crippen LogP contribution in [0.15, 0.2) is 34.6 Å². The van der Waals surface area contributed by atoms with Crippen LogP contribution in [0.2, 0.25) is 0 Å². The number of anilines is 1. The van der Waals surface area contributed by atoms with Gasteiger partial charge in [0.05, 0.1) is 5.01 Å². The minimum Gasteiger partial charge on any atom is -0.366 e. The number of nitrogens with zero attached hydrogens (tertiary/aromatic N) is 3. The van der Waals surface area contributed by atoms with Crippen LogP contribution < -0.4 is 15.5 Å². The Balaban J connectivity index is 0.00000300. The van der Waals surface area contributed by atoms with Crippen molar-refractivity contribution in [1.82, 2.24) is 15.6 Å². The van der Waals surface area contributed by atoms with Gasteiger partial charge < -0.3 is 15.5 Å². The van der Waals surface area contributed by atoms with Gasteiger partial charge in [-0.25, -0.2) is 4.98 Å². The maximum atomic E-state index is 12.6. The molecule has 0 spiro atoms. The molecular weight excluding hydrogens is 514 g/mol. The van der Waals surface area contributed by atoms with Gasteiger partial charge in [-0.2, -0.15) is 13.2 Å². The van der Waals surface area contributed by atoms with Crippen LogP contribution in [0.5, 0.6) is 0 Å². The van der Waals surface area contributed by atoms with Gasteiger partial charge in [-0.3, -0.25) is 4.99 Å². The first kappa shape index (κ1) is 23.7. The molecule has 3 rings (SSSR count). The normalized spacial score (nSPS) is 14.9. The fraction of sp³-hybridized carbons (Fsp3) is 0.474. The van der Waals surface area contributed by atoms with Gasteiger partial charge in [0, 0.05) is 50.2 Å². The Bertz CT molecular complexity index is 824. The summed E-state index contributed by atoms with van der Waals surface area (Å²) in [4.78, 5) is 10.2. The number of hydrogen-bond donors (Lipinski definition) is 2. The zero-order valence-electron chi connectivity index (χ0n) is 16.3. The highest BCUT2D eigenvalue weighted by molar-refractivity contribution is 14.0. The molecule has 2 aromatic rings. The summed E-state index contributed by atoms with van der Waals surface area (Å²) >= 11 is 1.03. The number of guanidine groups is 1. The summed E-state index contributed by atoms with van der Waals surface area (Å²) in [6.07, 6.45) is -2.91. The minimum absolute atomic E-state index is 0. The van der Waals surface area contributed by atoms with Crippen molar-refractivity contribution in [3.63, 3.8) is 0 Å². The lowest BCUT2D eigenvalue weighted by atomic mass is 10.2. The molecule has 2 heterocycles. The van der Waals surface area contributed by atoms with E-state index in [-0.39, 0.29) is 30.0 Å². The molecule has 1 aliphatic heterocycles. The van der Waals surface area contributed by atoms with Gasteiger partial charge in [-0.15, -0.1) is 35.3 Å². The zero-order valence-corrected chi connectivity index (χ0v) is 19.4. The standard InChI is InChI=1S/C19H24F3N5S.HI/c1-13(27-10-8-14-5-3-4-6-15(14)27)11-25-18(23-2)24-9-7-17-26-16(12-28-17)19(20,21)22;/h3-6,12-13H,7-11H2,1-2H3,(H2,23,24,25);1H. The van der Waals surface area contributed by atoms with Gasteiger partial charge in [-0.05, 0) is 25.0 Å². The number of hydrogen-bond acceptors (Lipinski definition) is 4. The summed E-state index contributed by atoms with van der Waals surface area (Å²) in [5, 5.41) is 7.94. The summed E-state index contributed by atoms with van der Waals surface area (Å²) in [7, 11) is 1.68. The first-order chi connectivity index (χ1) is 13.4. The molecule has 1 aliphatic rings. The number of alkyl halides is 3. The van der Waals surface area contributed by atoms with Crippen molar-refractivity contribution in [1.29, 1.82) is 0 Å². The third-order valence-corrected chi connectivity index (χ3v) is 5.63. The summed E-state index contributed by atoms with van der Waals surface area (Å²) in [5.41, 5.74) is 1.83. The number of thiazole rings is 1. The Morgan fingerprint density at radius 1 is 1.31 bits per heavy atom. The molecule has 10 heteroatoms.